The van der Waals surface area contributed by atoms with Crippen LogP contribution >= 0.6 is 0 Å². The molecule has 0 saturated heterocycles. The van der Waals surface area contributed by atoms with Crippen LogP contribution in [0.1, 0.15) is 47.2 Å². The first-order chi connectivity index (χ1) is 22.1. The molecule has 2 unspecified atom stereocenters. The molecular weight excluding hydrogens is 544 g/mol. The third kappa shape index (κ3) is 3.61. The number of benzene rings is 7. The van der Waals surface area contributed by atoms with Crippen LogP contribution in [-0.2, 0) is 10.8 Å². The first-order valence-corrected chi connectivity index (χ1v) is 15.8. The van der Waals surface area contributed by atoms with Crippen molar-refractivity contribution < 1.29 is 4.74 Å². The van der Waals surface area contributed by atoms with Crippen molar-refractivity contribution in [2.45, 2.75) is 24.7 Å². The van der Waals surface area contributed by atoms with Gasteiger partial charge in [-0.2, -0.15) is 0 Å². The Balaban J connectivity index is 1.26. The monoisotopic (exact) mass is 576 g/mol. The van der Waals surface area contributed by atoms with E-state index < -0.39 is 0 Å². The normalized spacial score (nSPS) is 19.2. The van der Waals surface area contributed by atoms with Crippen molar-refractivity contribution in [2.75, 3.05) is 0 Å². The van der Waals surface area contributed by atoms with Crippen LogP contribution in [0.4, 0.5) is 0 Å². The SMILES string of the molecule is CC1(c2ccccc2)c2ccccc2Oc2ccc(-c3ccc4c(c3)C(C)(c3ccccc3)c3c-4ccc4ccccc34)cc21. The predicted octanol–water partition coefficient (Wildman–Crippen LogP) is 11.3. The largest absolute Gasteiger partial charge is 0.457 e. The summed E-state index contributed by atoms with van der Waals surface area (Å²) in [5.74, 6) is 1.84. The van der Waals surface area contributed by atoms with E-state index in [1.165, 1.54) is 66.4 Å². The molecular formula is C44H32O. The number of fused-ring (bicyclic) bond motifs is 7. The number of para-hydroxylation sites is 1. The lowest BCUT2D eigenvalue weighted by molar-refractivity contribution is 0.427. The van der Waals surface area contributed by atoms with Crippen molar-refractivity contribution in [3.8, 4) is 33.8 Å². The third-order valence-corrected chi connectivity index (χ3v) is 10.5. The highest BCUT2D eigenvalue weighted by molar-refractivity contribution is 5.99. The highest BCUT2D eigenvalue weighted by atomic mass is 16.5. The van der Waals surface area contributed by atoms with Gasteiger partial charge in [-0.3, -0.25) is 0 Å². The van der Waals surface area contributed by atoms with Gasteiger partial charge < -0.3 is 4.74 Å². The standard InChI is InChI=1S/C44H32O/c1-43(32-14-5-3-6-15-32)37-19-11-12-20-40(37)45-41-26-23-31(28-39(41)43)30-22-24-35-36-25-21-29-13-9-10-18-34(29)42(36)44(2,38(35)27-30)33-16-7-4-8-17-33/h3-28H,1-2H3. The second-order valence-corrected chi connectivity index (χ2v) is 12.8. The summed E-state index contributed by atoms with van der Waals surface area (Å²) in [5, 5.41) is 2.60. The van der Waals surface area contributed by atoms with Crippen molar-refractivity contribution in [1.29, 1.82) is 0 Å². The fourth-order valence-electron chi connectivity index (χ4n) is 8.12. The van der Waals surface area contributed by atoms with Gasteiger partial charge in [0.2, 0.25) is 0 Å². The van der Waals surface area contributed by atoms with Crippen molar-refractivity contribution in [3.63, 3.8) is 0 Å². The summed E-state index contributed by atoms with van der Waals surface area (Å²) < 4.78 is 6.53. The summed E-state index contributed by atoms with van der Waals surface area (Å²) in [6.07, 6.45) is 0. The van der Waals surface area contributed by atoms with Gasteiger partial charge in [0, 0.05) is 22.0 Å². The Morgan fingerprint density at radius 1 is 0.422 bits per heavy atom. The molecule has 214 valence electrons. The van der Waals surface area contributed by atoms with Crippen LogP contribution < -0.4 is 4.74 Å². The summed E-state index contributed by atoms with van der Waals surface area (Å²) in [4.78, 5) is 0. The molecule has 1 heterocycles. The summed E-state index contributed by atoms with van der Waals surface area (Å²) in [7, 11) is 0. The minimum Gasteiger partial charge on any atom is -0.457 e. The van der Waals surface area contributed by atoms with Crippen molar-refractivity contribution in [2.24, 2.45) is 0 Å². The molecule has 45 heavy (non-hydrogen) atoms. The van der Waals surface area contributed by atoms with Gasteiger partial charge in [0.25, 0.3) is 0 Å². The maximum atomic E-state index is 6.53. The molecule has 0 bridgehead atoms. The lowest BCUT2D eigenvalue weighted by atomic mass is 9.69. The summed E-state index contributed by atoms with van der Waals surface area (Å²) >= 11 is 0. The second kappa shape index (κ2) is 9.55. The Kier molecular flexibility index (Phi) is 5.53. The summed E-state index contributed by atoms with van der Waals surface area (Å²) in [5.41, 5.74) is 12.1. The Bertz CT molecular complexity index is 2270. The fraction of sp³-hybridized carbons (Fsp3) is 0.0909. The Morgan fingerprint density at radius 2 is 1.00 bits per heavy atom. The average molecular weight is 577 g/mol. The van der Waals surface area contributed by atoms with Gasteiger partial charge in [0.1, 0.15) is 11.5 Å². The third-order valence-electron chi connectivity index (χ3n) is 10.5. The molecule has 9 rings (SSSR count). The van der Waals surface area contributed by atoms with Crippen LogP contribution in [0.5, 0.6) is 11.5 Å². The smallest absolute Gasteiger partial charge is 0.131 e. The van der Waals surface area contributed by atoms with Gasteiger partial charge in [0.05, 0.1) is 0 Å². The highest BCUT2D eigenvalue weighted by Gasteiger charge is 2.43. The summed E-state index contributed by atoms with van der Waals surface area (Å²) in [6.45, 7) is 4.75. The molecule has 7 aromatic rings. The predicted molar refractivity (Wildman–Crippen MR) is 185 cm³/mol. The molecule has 0 spiro atoms. The molecule has 0 amide bonds. The number of hydrogen-bond donors (Lipinski definition) is 0. The number of rotatable bonds is 3. The maximum absolute atomic E-state index is 6.53. The first-order valence-electron chi connectivity index (χ1n) is 15.8. The van der Waals surface area contributed by atoms with Crippen molar-refractivity contribution in [3.05, 3.63) is 191 Å². The van der Waals surface area contributed by atoms with E-state index in [9.17, 15) is 0 Å². The Labute approximate surface area is 264 Å². The van der Waals surface area contributed by atoms with Gasteiger partial charge in [-0.15, -0.1) is 0 Å². The molecule has 1 nitrogen and oxygen atoms in total. The molecule has 0 saturated carbocycles. The molecule has 7 aromatic carbocycles. The zero-order valence-electron chi connectivity index (χ0n) is 25.4. The molecule has 0 aromatic heterocycles. The molecule has 1 aliphatic carbocycles. The van der Waals surface area contributed by atoms with Gasteiger partial charge in [-0.25, -0.2) is 0 Å². The zero-order valence-corrected chi connectivity index (χ0v) is 25.4. The van der Waals surface area contributed by atoms with Crippen LogP contribution in [0.25, 0.3) is 33.0 Å². The highest BCUT2D eigenvalue weighted by Crippen LogP contribution is 2.56. The van der Waals surface area contributed by atoms with E-state index in [1.54, 1.807) is 0 Å². The Hall–Kier alpha value is -5.40. The molecule has 1 aliphatic heterocycles. The molecule has 2 atom stereocenters. The first kappa shape index (κ1) is 26.0. The van der Waals surface area contributed by atoms with Gasteiger partial charge in [-0.05, 0) is 93.4 Å². The van der Waals surface area contributed by atoms with E-state index in [2.05, 4.69) is 172 Å². The average Bonchev–Trinajstić information content (AvgIpc) is 3.37. The topological polar surface area (TPSA) is 9.23 Å². The second-order valence-electron chi connectivity index (χ2n) is 12.8. The fourth-order valence-corrected chi connectivity index (χ4v) is 8.12. The van der Waals surface area contributed by atoms with Crippen LogP contribution in [0.15, 0.2) is 158 Å². The molecule has 0 radical (unpaired) electrons. The molecule has 0 N–H and O–H groups in total. The van der Waals surface area contributed by atoms with Crippen LogP contribution in [0.2, 0.25) is 0 Å². The van der Waals surface area contributed by atoms with E-state index in [0.29, 0.717) is 0 Å². The van der Waals surface area contributed by atoms with Crippen LogP contribution in [0.3, 0.4) is 0 Å². The van der Waals surface area contributed by atoms with E-state index in [0.717, 1.165) is 11.5 Å². The molecule has 0 fully saturated rings. The molecule has 2 aliphatic rings. The number of hydrogen-bond acceptors (Lipinski definition) is 1. The number of ether oxygens (including phenoxy) is 1. The van der Waals surface area contributed by atoms with Crippen LogP contribution in [0, 0.1) is 0 Å². The Morgan fingerprint density at radius 3 is 1.78 bits per heavy atom. The van der Waals surface area contributed by atoms with Gasteiger partial charge >= 0.3 is 0 Å². The minimum absolute atomic E-state index is 0.294. The van der Waals surface area contributed by atoms with E-state index in [4.69, 9.17) is 4.74 Å². The maximum Gasteiger partial charge on any atom is 0.131 e. The van der Waals surface area contributed by atoms with Crippen LogP contribution in [-0.4, -0.2) is 0 Å². The minimum atomic E-state index is -0.355. The summed E-state index contributed by atoms with van der Waals surface area (Å²) in [6, 6.07) is 57.5. The quantitative estimate of drug-likeness (QED) is 0.203. The lowest BCUT2D eigenvalue weighted by Gasteiger charge is -2.38. The van der Waals surface area contributed by atoms with Gasteiger partial charge in [-0.1, -0.05) is 133 Å². The van der Waals surface area contributed by atoms with Crippen molar-refractivity contribution >= 4 is 10.8 Å². The molecule has 1 heteroatoms. The van der Waals surface area contributed by atoms with E-state index >= 15 is 0 Å². The van der Waals surface area contributed by atoms with E-state index in [1.807, 2.05) is 0 Å². The lowest BCUT2D eigenvalue weighted by Crippen LogP contribution is -2.29. The zero-order chi connectivity index (χ0) is 30.2. The van der Waals surface area contributed by atoms with Crippen molar-refractivity contribution in [1.82, 2.24) is 0 Å². The van der Waals surface area contributed by atoms with Gasteiger partial charge in [0.15, 0.2) is 0 Å². The van der Waals surface area contributed by atoms with E-state index in [-0.39, 0.29) is 10.8 Å².